The van der Waals surface area contributed by atoms with Gasteiger partial charge in [-0.3, -0.25) is 14.4 Å². The van der Waals surface area contributed by atoms with Gasteiger partial charge in [-0.25, -0.2) is 0 Å². The second-order valence-electron chi connectivity index (χ2n) is 4.65. The molecule has 0 saturated carbocycles. The van der Waals surface area contributed by atoms with E-state index in [1.165, 1.54) is 0 Å². The number of nitrogens with one attached hydrogen (secondary N) is 3. The molecular weight excluding hydrogens is 264 g/mol. The summed E-state index contributed by atoms with van der Waals surface area (Å²) in [7, 11) is 0. The second-order valence-corrected chi connectivity index (χ2v) is 4.65. The fourth-order valence-corrected chi connectivity index (χ4v) is 1.73. The van der Waals surface area contributed by atoms with E-state index in [0.717, 1.165) is 0 Å². The molecule has 1 aliphatic heterocycles. The molecule has 0 aliphatic carbocycles. The number of hydrogen-bond acceptors (Lipinski definition) is 6. The number of nitrogens with two attached hydrogens (primary N) is 1. The standard InChI is InChI=1S/C12H20N4O4/c13-9-3-4-14-12(20)6-16-11(19)2-1-8(7-17)15-5-10(9)18/h7-9,15H,1-6,13H2,(H,14,20)(H,16,19). The first-order valence-corrected chi connectivity index (χ1v) is 6.53. The molecule has 2 atom stereocenters. The van der Waals surface area contributed by atoms with E-state index in [2.05, 4.69) is 16.0 Å². The third kappa shape index (κ3) is 5.89. The Bertz CT molecular complexity index is 386. The third-order valence-electron chi connectivity index (χ3n) is 3.02. The number of carbonyl (C=O) groups is 4. The monoisotopic (exact) mass is 284 g/mol. The van der Waals surface area contributed by atoms with Gasteiger partial charge in [0, 0.05) is 13.0 Å². The largest absolute Gasteiger partial charge is 0.354 e. The Labute approximate surface area is 116 Å². The lowest BCUT2D eigenvalue weighted by Crippen LogP contribution is -2.45. The van der Waals surface area contributed by atoms with Crippen LogP contribution in [0.1, 0.15) is 19.3 Å². The zero-order valence-corrected chi connectivity index (χ0v) is 11.2. The quantitative estimate of drug-likeness (QED) is 0.392. The van der Waals surface area contributed by atoms with Crippen molar-refractivity contribution in [2.24, 2.45) is 5.73 Å². The predicted octanol–water partition coefficient (Wildman–Crippen LogP) is -2.54. The molecule has 0 aromatic rings. The van der Waals surface area contributed by atoms with Gasteiger partial charge in [0.1, 0.15) is 6.29 Å². The maximum absolute atomic E-state index is 11.7. The number of amides is 2. The lowest BCUT2D eigenvalue weighted by atomic mass is 10.1. The van der Waals surface area contributed by atoms with E-state index in [-0.39, 0.29) is 50.1 Å². The first-order chi connectivity index (χ1) is 9.52. The van der Waals surface area contributed by atoms with Crippen molar-refractivity contribution in [3.05, 3.63) is 0 Å². The van der Waals surface area contributed by atoms with Crippen LogP contribution in [0.2, 0.25) is 0 Å². The number of rotatable bonds is 1. The van der Waals surface area contributed by atoms with Crippen molar-refractivity contribution in [1.82, 2.24) is 16.0 Å². The van der Waals surface area contributed by atoms with E-state index >= 15 is 0 Å². The number of aldehydes is 1. The Morgan fingerprint density at radius 1 is 1.05 bits per heavy atom. The minimum absolute atomic E-state index is 0.0276. The summed E-state index contributed by atoms with van der Waals surface area (Å²) >= 11 is 0. The normalized spacial score (nSPS) is 27.1. The average Bonchev–Trinajstić information content (AvgIpc) is 2.43. The van der Waals surface area contributed by atoms with Crippen LogP contribution < -0.4 is 21.7 Å². The van der Waals surface area contributed by atoms with E-state index in [1.54, 1.807) is 0 Å². The summed E-state index contributed by atoms with van der Waals surface area (Å²) in [5.74, 6) is -0.874. The summed E-state index contributed by atoms with van der Waals surface area (Å²) in [4.78, 5) is 45.4. The Morgan fingerprint density at radius 2 is 1.80 bits per heavy atom. The molecule has 8 nitrogen and oxygen atoms in total. The van der Waals surface area contributed by atoms with Crippen molar-refractivity contribution in [2.45, 2.75) is 31.3 Å². The van der Waals surface area contributed by atoms with Gasteiger partial charge in [0.05, 0.1) is 25.2 Å². The highest BCUT2D eigenvalue weighted by Crippen LogP contribution is 1.97. The molecule has 1 fully saturated rings. The Hall–Kier alpha value is -1.80. The van der Waals surface area contributed by atoms with Gasteiger partial charge < -0.3 is 26.5 Å². The maximum atomic E-state index is 11.7. The SMILES string of the molecule is NC1CCNC(=O)CNC(=O)CCC(C=O)NCC1=O. The van der Waals surface area contributed by atoms with Gasteiger partial charge in [-0.1, -0.05) is 0 Å². The first-order valence-electron chi connectivity index (χ1n) is 6.53. The van der Waals surface area contributed by atoms with Crippen LogP contribution in [-0.4, -0.2) is 55.6 Å². The van der Waals surface area contributed by atoms with Gasteiger partial charge in [0.25, 0.3) is 0 Å². The van der Waals surface area contributed by atoms with Gasteiger partial charge in [-0.15, -0.1) is 0 Å². The zero-order valence-electron chi connectivity index (χ0n) is 11.2. The molecule has 0 aromatic heterocycles. The fourth-order valence-electron chi connectivity index (χ4n) is 1.73. The van der Waals surface area contributed by atoms with Crippen LogP contribution in [0, 0.1) is 0 Å². The minimum Gasteiger partial charge on any atom is -0.354 e. The molecule has 1 aliphatic rings. The average molecular weight is 284 g/mol. The van der Waals surface area contributed by atoms with Gasteiger partial charge >= 0.3 is 0 Å². The van der Waals surface area contributed by atoms with Crippen molar-refractivity contribution in [2.75, 3.05) is 19.6 Å². The molecule has 1 heterocycles. The third-order valence-corrected chi connectivity index (χ3v) is 3.02. The predicted molar refractivity (Wildman–Crippen MR) is 70.7 cm³/mol. The summed E-state index contributed by atoms with van der Waals surface area (Å²) in [6.45, 7) is 0.111. The van der Waals surface area contributed by atoms with Crippen LogP contribution in [0.25, 0.3) is 0 Å². The van der Waals surface area contributed by atoms with Crippen LogP contribution >= 0.6 is 0 Å². The topological polar surface area (TPSA) is 130 Å². The van der Waals surface area contributed by atoms with Gasteiger partial charge in [-0.05, 0) is 12.8 Å². The highest BCUT2D eigenvalue weighted by atomic mass is 16.2. The van der Waals surface area contributed by atoms with Crippen LogP contribution in [0.15, 0.2) is 0 Å². The van der Waals surface area contributed by atoms with Crippen LogP contribution in [0.3, 0.4) is 0 Å². The summed E-state index contributed by atoms with van der Waals surface area (Å²) in [5.41, 5.74) is 5.68. The molecule has 1 saturated heterocycles. The lowest BCUT2D eigenvalue weighted by Gasteiger charge is -2.16. The molecule has 2 amide bonds. The highest BCUT2D eigenvalue weighted by molar-refractivity contribution is 5.87. The number of carbonyl (C=O) groups excluding carboxylic acids is 4. The van der Waals surface area contributed by atoms with E-state index in [4.69, 9.17) is 5.73 Å². The van der Waals surface area contributed by atoms with Crippen molar-refractivity contribution in [3.8, 4) is 0 Å². The Kier molecular flexibility index (Phi) is 6.82. The van der Waals surface area contributed by atoms with E-state index < -0.39 is 12.1 Å². The van der Waals surface area contributed by atoms with Crippen molar-refractivity contribution >= 4 is 23.9 Å². The number of ketones is 1. The van der Waals surface area contributed by atoms with E-state index in [0.29, 0.717) is 12.7 Å². The van der Waals surface area contributed by atoms with Crippen LogP contribution in [0.5, 0.6) is 0 Å². The molecule has 5 N–H and O–H groups in total. The van der Waals surface area contributed by atoms with Gasteiger partial charge in [0.15, 0.2) is 5.78 Å². The fraction of sp³-hybridized carbons (Fsp3) is 0.667. The molecule has 1 rings (SSSR count). The zero-order chi connectivity index (χ0) is 15.0. The molecule has 0 radical (unpaired) electrons. The minimum atomic E-state index is -0.687. The summed E-state index contributed by atoms with van der Waals surface area (Å²) in [6, 6.07) is -1.26. The van der Waals surface area contributed by atoms with Crippen molar-refractivity contribution < 1.29 is 19.2 Å². The molecule has 0 bridgehead atoms. The summed E-state index contributed by atoms with van der Waals surface area (Å²) < 4.78 is 0. The molecule has 0 spiro atoms. The first kappa shape index (κ1) is 16.3. The number of Topliss-reactive ketones (excluding diaryl/α,β-unsaturated/α-hetero) is 1. The highest BCUT2D eigenvalue weighted by Gasteiger charge is 2.17. The molecule has 2 unspecified atom stereocenters. The van der Waals surface area contributed by atoms with Crippen LogP contribution in [-0.2, 0) is 19.2 Å². The molecule has 112 valence electrons. The van der Waals surface area contributed by atoms with E-state index in [1.807, 2.05) is 0 Å². The molecule has 20 heavy (non-hydrogen) atoms. The van der Waals surface area contributed by atoms with Crippen LogP contribution in [0.4, 0.5) is 0 Å². The molecular formula is C12H20N4O4. The molecule has 8 heteroatoms. The Balaban J connectivity index is 2.61. The number of hydrogen-bond donors (Lipinski definition) is 4. The van der Waals surface area contributed by atoms with Crippen molar-refractivity contribution in [1.29, 1.82) is 0 Å². The lowest BCUT2D eigenvalue weighted by molar-refractivity contribution is -0.126. The summed E-state index contributed by atoms with van der Waals surface area (Å²) in [6.07, 6.45) is 1.33. The second kappa shape index (κ2) is 8.39. The maximum Gasteiger partial charge on any atom is 0.239 e. The van der Waals surface area contributed by atoms with Crippen molar-refractivity contribution in [3.63, 3.8) is 0 Å². The molecule has 0 aromatic carbocycles. The van der Waals surface area contributed by atoms with Gasteiger partial charge in [0.2, 0.25) is 11.8 Å². The van der Waals surface area contributed by atoms with Gasteiger partial charge in [-0.2, -0.15) is 0 Å². The van der Waals surface area contributed by atoms with E-state index in [9.17, 15) is 19.2 Å². The Morgan fingerprint density at radius 3 is 2.50 bits per heavy atom. The summed E-state index contributed by atoms with van der Waals surface area (Å²) in [5, 5.41) is 7.79. The smallest absolute Gasteiger partial charge is 0.239 e.